The van der Waals surface area contributed by atoms with Crippen LogP contribution in [0.1, 0.15) is 38.2 Å². The van der Waals surface area contributed by atoms with Crippen molar-refractivity contribution in [2.75, 3.05) is 13.6 Å². The molecule has 1 nitrogen and oxygen atoms in total. The Morgan fingerprint density at radius 1 is 1.13 bits per heavy atom. The van der Waals surface area contributed by atoms with Crippen LogP contribution in [0.3, 0.4) is 0 Å². The van der Waals surface area contributed by atoms with Gasteiger partial charge in [-0.1, -0.05) is 29.9 Å². The minimum Gasteiger partial charge on any atom is -0.299 e. The maximum absolute atomic E-state index is 2.52. The van der Waals surface area contributed by atoms with Crippen molar-refractivity contribution in [3.8, 4) is 0 Å². The highest BCUT2D eigenvalue weighted by atomic mass is 32.2. The molecule has 120 valence electrons. The number of hydrogen-bond acceptors (Lipinski definition) is 3. The number of thioether (sulfide) groups is 2. The van der Waals surface area contributed by atoms with Crippen LogP contribution < -0.4 is 0 Å². The van der Waals surface area contributed by atoms with Gasteiger partial charge in [-0.3, -0.25) is 4.90 Å². The molecule has 2 fully saturated rings. The van der Waals surface area contributed by atoms with E-state index in [1.54, 1.807) is 0 Å². The number of benzene rings is 1. The molecule has 2 heterocycles. The molecule has 0 radical (unpaired) electrons. The Morgan fingerprint density at radius 3 is 2.74 bits per heavy atom. The molecular weight excluding hydrogens is 318 g/mol. The SMILES string of the molecule is CC1=C[C@@H]2N(C)CC[C@]2(c2ccc3c(c2)SC2(CCC2)S3)C=C1. The second-order valence-electron chi connectivity index (χ2n) is 7.59. The average molecular weight is 342 g/mol. The molecule has 0 N–H and O–H groups in total. The summed E-state index contributed by atoms with van der Waals surface area (Å²) in [5.41, 5.74) is 3.11. The first-order valence-corrected chi connectivity index (χ1v) is 10.3. The van der Waals surface area contributed by atoms with Gasteiger partial charge in [-0.25, -0.2) is 0 Å². The summed E-state index contributed by atoms with van der Waals surface area (Å²) in [5, 5.41) is 0. The highest BCUT2D eigenvalue weighted by Gasteiger charge is 2.48. The van der Waals surface area contributed by atoms with Gasteiger partial charge in [-0.05, 0) is 63.9 Å². The Labute approximate surface area is 147 Å². The monoisotopic (exact) mass is 341 g/mol. The highest BCUT2D eigenvalue weighted by molar-refractivity contribution is 8.20. The number of fused-ring (bicyclic) bond motifs is 2. The van der Waals surface area contributed by atoms with Crippen molar-refractivity contribution in [2.45, 2.75) is 57.9 Å². The average Bonchev–Trinajstić information content (AvgIpc) is 3.06. The first-order chi connectivity index (χ1) is 11.1. The molecule has 23 heavy (non-hydrogen) atoms. The Kier molecular flexibility index (Phi) is 3.15. The highest BCUT2D eigenvalue weighted by Crippen LogP contribution is 2.64. The molecule has 3 heteroatoms. The first-order valence-electron chi connectivity index (χ1n) is 8.71. The van der Waals surface area contributed by atoms with E-state index in [1.807, 2.05) is 0 Å². The van der Waals surface area contributed by atoms with Crippen molar-refractivity contribution in [3.63, 3.8) is 0 Å². The predicted molar refractivity (Wildman–Crippen MR) is 100 cm³/mol. The van der Waals surface area contributed by atoms with Crippen LogP contribution in [0.4, 0.5) is 0 Å². The predicted octanol–water partition coefficient (Wildman–Crippen LogP) is 5.22. The van der Waals surface area contributed by atoms with Gasteiger partial charge in [-0.2, -0.15) is 0 Å². The molecule has 1 saturated carbocycles. The molecule has 1 saturated heterocycles. The van der Waals surface area contributed by atoms with Crippen LogP contribution in [0, 0.1) is 0 Å². The van der Waals surface area contributed by atoms with E-state index in [0.29, 0.717) is 10.1 Å². The van der Waals surface area contributed by atoms with Gasteiger partial charge >= 0.3 is 0 Å². The van der Waals surface area contributed by atoms with E-state index in [4.69, 9.17) is 0 Å². The van der Waals surface area contributed by atoms with Crippen molar-refractivity contribution in [3.05, 3.63) is 47.6 Å². The van der Waals surface area contributed by atoms with Gasteiger partial charge in [0.05, 0.1) is 4.08 Å². The molecule has 2 aliphatic heterocycles. The van der Waals surface area contributed by atoms with Crippen LogP contribution in [0.15, 0.2) is 51.8 Å². The summed E-state index contributed by atoms with van der Waals surface area (Å²) < 4.78 is 0.489. The van der Waals surface area contributed by atoms with Gasteiger partial charge < -0.3 is 0 Å². The van der Waals surface area contributed by atoms with E-state index in [-0.39, 0.29) is 5.41 Å². The zero-order valence-electron chi connectivity index (χ0n) is 13.8. The minimum atomic E-state index is 0.184. The summed E-state index contributed by atoms with van der Waals surface area (Å²) in [6.45, 7) is 3.41. The Morgan fingerprint density at radius 2 is 1.96 bits per heavy atom. The fraction of sp³-hybridized carbons (Fsp3) is 0.500. The van der Waals surface area contributed by atoms with E-state index in [0.717, 1.165) is 0 Å². The second-order valence-corrected chi connectivity index (χ2v) is 10.7. The maximum atomic E-state index is 2.52. The number of hydrogen-bond donors (Lipinski definition) is 0. The van der Waals surface area contributed by atoms with Crippen LogP contribution in [0.2, 0.25) is 0 Å². The molecule has 1 spiro atoms. The third-order valence-corrected chi connectivity index (χ3v) is 9.46. The quantitative estimate of drug-likeness (QED) is 0.689. The number of likely N-dealkylation sites (tertiary alicyclic amines) is 1. The van der Waals surface area contributed by atoms with Crippen LogP contribution >= 0.6 is 23.5 Å². The summed E-state index contributed by atoms with van der Waals surface area (Å²) in [5.74, 6) is 0. The number of rotatable bonds is 1. The molecule has 4 aliphatic rings. The van der Waals surface area contributed by atoms with Crippen molar-refractivity contribution in [2.24, 2.45) is 0 Å². The third kappa shape index (κ3) is 2.06. The largest absolute Gasteiger partial charge is 0.299 e. The Hall–Kier alpha value is -0.640. The molecule has 5 rings (SSSR count). The topological polar surface area (TPSA) is 3.24 Å². The van der Waals surface area contributed by atoms with Crippen LogP contribution in [0.25, 0.3) is 0 Å². The number of likely N-dealkylation sites (N-methyl/N-ethyl adjacent to an activating group) is 1. The molecule has 1 aromatic rings. The summed E-state index contributed by atoms with van der Waals surface area (Å²) in [6, 6.07) is 7.85. The van der Waals surface area contributed by atoms with Crippen molar-refractivity contribution in [1.82, 2.24) is 4.90 Å². The van der Waals surface area contributed by atoms with E-state index >= 15 is 0 Å². The fourth-order valence-electron chi connectivity index (χ4n) is 4.55. The molecule has 0 bridgehead atoms. The molecule has 0 amide bonds. The molecule has 2 atom stereocenters. The van der Waals surface area contributed by atoms with Gasteiger partial charge in [0.2, 0.25) is 0 Å². The van der Waals surface area contributed by atoms with Crippen LogP contribution in [0.5, 0.6) is 0 Å². The van der Waals surface area contributed by atoms with E-state index in [2.05, 4.69) is 78.8 Å². The van der Waals surface area contributed by atoms with Crippen molar-refractivity contribution in [1.29, 1.82) is 0 Å². The normalized spacial score (nSPS) is 34.2. The fourth-order valence-corrected chi connectivity index (χ4v) is 7.94. The van der Waals surface area contributed by atoms with Gasteiger partial charge in [-0.15, -0.1) is 23.5 Å². The zero-order valence-corrected chi connectivity index (χ0v) is 15.5. The first kappa shape index (κ1) is 14.7. The van der Waals surface area contributed by atoms with Crippen molar-refractivity contribution < 1.29 is 0 Å². The van der Waals surface area contributed by atoms with Crippen LogP contribution in [-0.4, -0.2) is 28.6 Å². The van der Waals surface area contributed by atoms with Gasteiger partial charge in [0, 0.05) is 21.2 Å². The molecule has 2 aliphatic carbocycles. The third-order valence-electron chi connectivity index (χ3n) is 6.13. The summed E-state index contributed by atoms with van der Waals surface area (Å²) in [6.07, 6.45) is 12.7. The number of allylic oxidation sites excluding steroid dienone is 2. The smallest absolute Gasteiger partial charge is 0.0706 e. The van der Waals surface area contributed by atoms with E-state index in [9.17, 15) is 0 Å². The summed E-state index contributed by atoms with van der Waals surface area (Å²) in [7, 11) is 2.27. The lowest BCUT2D eigenvalue weighted by atomic mass is 9.71. The Balaban J connectivity index is 1.55. The van der Waals surface area contributed by atoms with E-state index in [1.165, 1.54) is 53.2 Å². The van der Waals surface area contributed by atoms with Crippen LogP contribution in [-0.2, 0) is 5.41 Å². The number of nitrogens with zero attached hydrogens (tertiary/aromatic N) is 1. The van der Waals surface area contributed by atoms with E-state index < -0.39 is 0 Å². The van der Waals surface area contributed by atoms with Gasteiger partial charge in [0.1, 0.15) is 0 Å². The molecular formula is C20H23NS2. The zero-order chi connectivity index (χ0) is 15.7. The standard InChI is InChI=1S/C20H23NS2/c1-14-6-9-19(10-11-21(2)18(19)12-14)15-4-5-16-17(13-15)23-20(22-16)7-3-8-20/h4-6,9,12-13,18H,3,7-8,10-11H2,1-2H3/t18-,19-/m0/s1. The molecule has 1 aromatic carbocycles. The summed E-state index contributed by atoms with van der Waals surface area (Å²) >= 11 is 4.27. The molecule has 0 unspecified atom stereocenters. The lowest BCUT2D eigenvalue weighted by Gasteiger charge is -2.36. The summed E-state index contributed by atoms with van der Waals surface area (Å²) in [4.78, 5) is 5.58. The maximum Gasteiger partial charge on any atom is 0.0706 e. The minimum absolute atomic E-state index is 0.184. The van der Waals surface area contributed by atoms with Crippen molar-refractivity contribution >= 4 is 23.5 Å². The lowest BCUT2D eigenvalue weighted by molar-refractivity contribution is 0.317. The second kappa shape index (κ2) is 4.93. The molecule has 0 aromatic heterocycles. The van der Waals surface area contributed by atoms with Gasteiger partial charge in [0.25, 0.3) is 0 Å². The Bertz CT molecular complexity index is 731. The lowest BCUT2D eigenvalue weighted by Crippen LogP contribution is -2.39. The van der Waals surface area contributed by atoms with Gasteiger partial charge in [0.15, 0.2) is 0 Å².